The number of alkyl halides is 3. The van der Waals surface area contributed by atoms with Crippen molar-refractivity contribution in [3.63, 3.8) is 0 Å². The van der Waals surface area contributed by atoms with E-state index in [0.717, 1.165) is 39.2 Å². The van der Waals surface area contributed by atoms with Crippen molar-refractivity contribution in [1.82, 2.24) is 9.80 Å². The van der Waals surface area contributed by atoms with Gasteiger partial charge in [-0.15, -0.1) is 0 Å². The Labute approximate surface area is 164 Å². The van der Waals surface area contributed by atoms with Gasteiger partial charge in [0.15, 0.2) is 0 Å². The number of benzene rings is 1. The van der Waals surface area contributed by atoms with Gasteiger partial charge in [-0.2, -0.15) is 13.2 Å². The number of fused-ring (bicyclic) bond motifs is 1. The molecule has 158 valence electrons. The Balaban J connectivity index is 0.000000345. The van der Waals surface area contributed by atoms with Crippen LogP contribution in [0.5, 0.6) is 0 Å². The summed E-state index contributed by atoms with van der Waals surface area (Å²) in [5.74, 6) is -2.76. The van der Waals surface area contributed by atoms with E-state index < -0.39 is 12.1 Å². The summed E-state index contributed by atoms with van der Waals surface area (Å²) >= 11 is 0. The molecule has 1 N–H and O–H groups in total. The third kappa shape index (κ3) is 6.18. The minimum absolute atomic E-state index is 0.399. The van der Waals surface area contributed by atoms with E-state index in [4.69, 9.17) is 14.6 Å². The molecule has 0 amide bonds. The van der Waals surface area contributed by atoms with Crippen LogP contribution in [0, 0.1) is 0 Å². The largest absolute Gasteiger partial charge is 0.490 e. The Morgan fingerprint density at radius 3 is 2.29 bits per heavy atom. The molecule has 2 aliphatic rings. The minimum atomic E-state index is -5.08. The van der Waals surface area contributed by atoms with E-state index in [-0.39, 0.29) is 0 Å². The van der Waals surface area contributed by atoms with E-state index in [9.17, 15) is 13.2 Å². The van der Waals surface area contributed by atoms with Gasteiger partial charge in [-0.25, -0.2) is 4.79 Å². The summed E-state index contributed by atoms with van der Waals surface area (Å²) in [6, 6.07) is 10.3. The molecule has 0 radical (unpaired) electrons. The first-order valence-electron chi connectivity index (χ1n) is 9.59. The first-order valence-corrected chi connectivity index (χ1v) is 9.59. The van der Waals surface area contributed by atoms with Crippen molar-refractivity contribution in [1.29, 1.82) is 0 Å². The van der Waals surface area contributed by atoms with Crippen LogP contribution in [-0.2, 0) is 22.5 Å². The number of ether oxygens (including phenoxy) is 1. The van der Waals surface area contributed by atoms with E-state index in [1.165, 1.54) is 11.1 Å². The van der Waals surface area contributed by atoms with Gasteiger partial charge in [0.25, 0.3) is 0 Å². The zero-order chi connectivity index (χ0) is 20.9. The van der Waals surface area contributed by atoms with E-state index in [1.807, 2.05) is 0 Å². The monoisotopic (exact) mass is 402 g/mol. The first kappa shape index (κ1) is 22.6. The Bertz CT molecular complexity index is 635. The number of aryl methyl sites for hydroxylation is 1. The topological polar surface area (TPSA) is 53.0 Å². The molecule has 0 aliphatic carbocycles. The highest BCUT2D eigenvalue weighted by atomic mass is 19.4. The van der Waals surface area contributed by atoms with Gasteiger partial charge in [-0.3, -0.25) is 9.80 Å². The number of nitrogens with zero attached hydrogens (tertiary/aromatic N) is 2. The number of morpholine rings is 1. The second-order valence-electron chi connectivity index (χ2n) is 7.48. The van der Waals surface area contributed by atoms with Crippen LogP contribution in [0.1, 0.15) is 31.9 Å². The number of carboxylic acid groups (broad SMARTS) is 1. The lowest BCUT2D eigenvalue weighted by molar-refractivity contribution is -0.192. The molecule has 28 heavy (non-hydrogen) atoms. The summed E-state index contributed by atoms with van der Waals surface area (Å²) in [6.45, 7) is 12.0. The average molecular weight is 402 g/mol. The predicted molar refractivity (Wildman–Crippen MR) is 100 cm³/mol. The number of carboxylic acids is 1. The average Bonchev–Trinajstić information content (AvgIpc) is 3.04. The molecule has 0 spiro atoms. The molecule has 2 aliphatic heterocycles. The number of carbonyl (C=O) groups is 1. The summed E-state index contributed by atoms with van der Waals surface area (Å²) in [4.78, 5) is 14.1. The quantitative estimate of drug-likeness (QED) is 0.839. The van der Waals surface area contributed by atoms with Crippen LogP contribution in [0.25, 0.3) is 0 Å². The van der Waals surface area contributed by atoms with Gasteiger partial charge in [0.05, 0.1) is 18.8 Å². The molecule has 0 saturated carbocycles. The number of halogens is 3. The smallest absolute Gasteiger partial charge is 0.475 e. The Morgan fingerprint density at radius 1 is 1.21 bits per heavy atom. The van der Waals surface area contributed by atoms with Crippen LogP contribution in [0.2, 0.25) is 0 Å². The van der Waals surface area contributed by atoms with Crippen molar-refractivity contribution >= 4 is 5.97 Å². The lowest BCUT2D eigenvalue weighted by Gasteiger charge is -2.39. The summed E-state index contributed by atoms with van der Waals surface area (Å²) in [6.07, 6.45) is -3.57. The van der Waals surface area contributed by atoms with Crippen molar-refractivity contribution in [3.8, 4) is 0 Å². The van der Waals surface area contributed by atoms with Crippen LogP contribution in [0.4, 0.5) is 13.2 Å². The second kappa shape index (κ2) is 9.71. The molecule has 0 unspecified atom stereocenters. The van der Waals surface area contributed by atoms with Gasteiger partial charge in [-0.05, 0) is 31.4 Å². The molecule has 5 nitrogen and oxygen atoms in total. The molecule has 1 aromatic carbocycles. The van der Waals surface area contributed by atoms with Crippen molar-refractivity contribution in [2.45, 2.75) is 58.1 Å². The van der Waals surface area contributed by atoms with Gasteiger partial charge in [-0.1, -0.05) is 31.2 Å². The maximum absolute atomic E-state index is 10.6. The predicted octanol–water partition coefficient (Wildman–Crippen LogP) is 3.18. The Morgan fingerprint density at radius 2 is 1.79 bits per heavy atom. The van der Waals surface area contributed by atoms with Crippen molar-refractivity contribution in [2.24, 2.45) is 0 Å². The number of hydrogen-bond acceptors (Lipinski definition) is 4. The van der Waals surface area contributed by atoms with Crippen molar-refractivity contribution in [2.75, 3.05) is 26.2 Å². The van der Waals surface area contributed by atoms with E-state index in [0.29, 0.717) is 18.2 Å². The molecule has 0 bridgehead atoms. The maximum Gasteiger partial charge on any atom is 0.490 e. The fourth-order valence-electron chi connectivity index (χ4n) is 3.70. The van der Waals surface area contributed by atoms with Crippen LogP contribution >= 0.6 is 0 Å². The molecular formula is C20H29F3N2O3. The molecular weight excluding hydrogens is 373 g/mol. The fourth-order valence-corrected chi connectivity index (χ4v) is 3.70. The molecule has 0 aromatic heterocycles. The fraction of sp³-hybridized carbons (Fsp3) is 0.650. The summed E-state index contributed by atoms with van der Waals surface area (Å²) in [5, 5.41) is 7.12. The van der Waals surface area contributed by atoms with Crippen LogP contribution < -0.4 is 0 Å². The van der Waals surface area contributed by atoms with Gasteiger partial charge in [0.2, 0.25) is 0 Å². The van der Waals surface area contributed by atoms with Crippen LogP contribution in [0.15, 0.2) is 24.3 Å². The molecule has 2 heterocycles. The molecule has 2 atom stereocenters. The molecule has 2 fully saturated rings. The van der Waals surface area contributed by atoms with Crippen molar-refractivity contribution < 1.29 is 27.8 Å². The molecule has 8 heteroatoms. The number of aliphatic carboxylic acids is 1. The summed E-state index contributed by atoms with van der Waals surface area (Å²) in [5.41, 5.74) is 2.84. The highest BCUT2D eigenvalue weighted by Crippen LogP contribution is 2.25. The molecule has 1 aromatic rings. The van der Waals surface area contributed by atoms with Crippen LogP contribution in [-0.4, -0.2) is 71.5 Å². The van der Waals surface area contributed by atoms with Crippen LogP contribution in [0.3, 0.4) is 0 Å². The van der Waals surface area contributed by atoms with Gasteiger partial charge in [0.1, 0.15) is 0 Å². The second-order valence-corrected chi connectivity index (χ2v) is 7.48. The summed E-state index contributed by atoms with van der Waals surface area (Å²) in [7, 11) is 0. The zero-order valence-electron chi connectivity index (χ0n) is 16.6. The third-order valence-electron chi connectivity index (χ3n) is 5.16. The summed E-state index contributed by atoms with van der Waals surface area (Å²) < 4.78 is 37.7. The van der Waals surface area contributed by atoms with E-state index >= 15 is 0 Å². The van der Waals surface area contributed by atoms with E-state index in [2.05, 4.69) is 54.8 Å². The normalized spacial score (nSPS) is 23.2. The number of likely N-dealkylation sites (tertiary alicyclic amines) is 1. The van der Waals surface area contributed by atoms with E-state index in [1.54, 1.807) is 0 Å². The van der Waals surface area contributed by atoms with Crippen molar-refractivity contribution in [3.05, 3.63) is 35.4 Å². The molecule has 3 rings (SSSR count). The lowest BCUT2D eigenvalue weighted by atomic mass is 10.1. The first-order chi connectivity index (χ1) is 13.1. The highest BCUT2D eigenvalue weighted by molar-refractivity contribution is 5.73. The zero-order valence-corrected chi connectivity index (χ0v) is 16.6. The minimum Gasteiger partial charge on any atom is -0.475 e. The Hall–Kier alpha value is -1.64. The van der Waals surface area contributed by atoms with Gasteiger partial charge >= 0.3 is 12.1 Å². The standard InChI is InChI=1S/C18H28N2O.C2HF3O2/c1-4-15-5-7-16(8-6-15)11-19-12-17-18(13-19)21-10-9-20(17)14(2)3;3-2(4,5)1(6)7/h5-8,14,17-18H,4,9-13H2,1-3H3;(H,6,7)/t17-,18+;/m1./s1. The molecule has 2 saturated heterocycles. The number of rotatable bonds is 4. The Kier molecular flexibility index (Phi) is 7.86. The van der Waals surface area contributed by atoms with Gasteiger partial charge in [0, 0.05) is 32.2 Å². The highest BCUT2D eigenvalue weighted by Gasteiger charge is 2.40. The third-order valence-corrected chi connectivity index (χ3v) is 5.16. The number of hydrogen-bond donors (Lipinski definition) is 1. The SMILES string of the molecule is CCc1ccc(CN2C[C@@H]3OCCN(C(C)C)[C@@H]3C2)cc1.O=C(O)C(F)(F)F. The lowest BCUT2D eigenvalue weighted by Crippen LogP contribution is -2.53. The van der Waals surface area contributed by atoms with Gasteiger partial charge < -0.3 is 9.84 Å². The maximum atomic E-state index is 10.6.